The lowest BCUT2D eigenvalue weighted by atomic mass is 10.1. The standard InChI is InChI=1S/C8H17N3O3S/c1-6(9)11-3-4-15(14)5-8(2,10)7(12)13/h3-5,10H2,1-2H3,(H2,9,11)(H,12,13). The number of aliphatic imine (C=N–C) groups is 1. The number of nitrogens with zero attached hydrogens (tertiary/aromatic N) is 1. The van der Waals surface area contributed by atoms with Crippen LogP contribution in [0.3, 0.4) is 0 Å². The number of carboxylic acids is 1. The zero-order valence-electron chi connectivity index (χ0n) is 8.90. The predicted molar refractivity (Wildman–Crippen MR) is 60.3 cm³/mol. The first kappa shape index (κ1) is 14.1. The van der Waals surface area contributed by atoms with Crippen molar-refractivity contribution in [3.05, 3.63) is 0 Å². The summed E-state index contributed by atoms with van der Waals surface area (Å²) in [6.07, 6.45) is 0. The van der Waals surface area contributed by atoms with Gasteiger partial charge in [0.15, 0.2) is 0 Å². The van der Waals surface area contributed by atoms with Crippen LogP contribution in [0.1, 0.15) is 13.8 Å². The van der Waals surface area contributed by atoms with E-state index in [0.717, 1.165) is 0 Å². The minimum absolute atomic E-state index is 0.0819. The molecule has 7 heteroatoms. The molecule has 0 aromatic rings. The molecule has 2 unspecified atom stereocenters. The summed E-state index contributed by atoms with van der Waals surface area (Å²) in [5.74, 6) is -0.550. The summed E-state index contributed by atoms with van der Waals surface area (Å²) < 4.78 is 11.4. The van der Waals surface area contributed by atoms with E-state index in [9.17, 15) is 9.00 Å². The van der Waals surface area contributed by atoms with E-state index in [2.05, 4.69) is 4.99 Å². The first-order valence-electron chi connectivity index (χ1n) is 4.39. The number of aliphatic carboxylic acids is 1. The molecular weight excluding hydrogens is 218 g/mol. The molecule has 0 aliphatic heterocycles. The Kier molecular flexibility index (Phi) is 5.45. The molecule has 0 fully saturated rings. The molecule has 0 heterocycles. The minimum atomic E-state index is -1.45. The number of hydrogen-bond acceptors (Lipinski definition) is 4. The average Bonchev–Trinajstić information content (AvgIpc) is 2.01. The molecule has 0 radical (unpaired) electrons. The van der Waals surface area contributed by atoms with Gasteiger partial charge in [-0.15, -0.1) is 0 Å². The van der Waals surface area contributed by atoms with E-state index in [4.69, 9.17) is 16.6 Å². The molecule has 0 spiro atoms. The molecule has 0 rings (SSSR count). The second kappa shape index (κ2) is 5.82. The van der Waals surface area contributed by atoms with Crippen molar-refractivity contribution in [2.75, 3.05) is 18.1 Å². The van der Waals surface area contributed by atoms with E-state index < -0.39 is 22.3 Å². The highest BCUT2D eigenvalue weighted by Gasteiger charge is 2.29. The van der Waals surface area contributed by atoms with Gasteiger partial charge in [0.05, 0.1) is 18.1 Å². The zero-order chi connectivity index (χ0) is 12.1. The van der Waals surface area contributed by atoms with Crippen molar-refractivity contribution in [1.29, 1.82) is 0 Å². The molecule has 88 valence electrons. The van der Waals surface area contributed by atoms with Gasteiger partial charge >= 0.3 is 5.97 Å². The van der Waals surface area contributed by atoms with Crippen LogP contribution in [0, 0.1) is 0 Å². The Morgan fingerprint density at radius 2 is 2.13 bits per heavy atom. The fourth-order valence-electron chi connectivity index (χ4n) is 0.792. The highest BCUT2D eigenvalue weighted by Crippen LogP contribution is 2.02. The van der Waals surface area contributed by atoms with Gasteiger partial charge in [-0.25, -0.2) is 0 Å². The van der Waals surface area contributed by atoms with Crippen molar-refractivity contribution in [1.82, 2.24) is 0 Å². The Bertz CT molecular complexity index is 285. The van der Waals surface area contributed by atoms with Crippen LogP contribution in [0.4, 0.5) is 0 Å². The smallest absolute Gasteiger partial charge is 0.324 e. The van der Waals surface area contributed by atoms with Crippen molar-refractivity contribution < 1.29 is 14.1 Å². The second-order valence-electron chi connectivity index (χ2n) is 3.53. The fourth-order valence-corrected chi connectivity index (χ4v) is 2.02. The van der Waals surface area contributed by atoms with Crippen molar-refractivity contribution in [3.63, 3.8) is 0 Å². The molecule has 0 aromatic heterocycles. The zero-order valence-corrected chi connectivity index (χ0v) is 9.71. The maximum Gasteiger partial charge on any atom is 0.324 e. The molecule has 15 heavy (non-hydrogen) atoms. The van der Waals surface area contributed by atoms with Crippen LogP contribution in [-0.4, -0.2) is 44.7 Å². The van der Waals surface area contributed by atoms with Gasteiger partial charge in [0.25, 0.3) is 0 Å². The number of nitrogens with two attached hydrogens (primary N) is 2. The third kappa shape index (κ3) is 6.19. The number of carboxylic acid groups (broad SMARTS) is 1. The SMILES string of the molecule is CC(N)=NCCS(=O)CC(C)(N)C(=O)O. The summed E-state index contributed by atoms with van der Waals surface area (Å²) in [5, 5.41) is 8.70. The summed E-state index contributed by atoms with van der Waals surface area (Å²) in [6.45, 7) is 3.29. The van der Waals surface area contributed by atoms with Crippen LogP contribution in [0.15, 0.2) is 4.99 Å². The van der Waals surface area contributed by atoms with E-state index in [0.29, 0.717) is 12.4 Å². The highest BCUT2D eigenvalue weighted by atomic mass is 32.2. The Hall–Kier alpha value is -0.950. The first-order valence-corrected chi connectivity index (χ1v) is 5.88. The third-order valence-electron chi connectivity index (χ3n) is 1.63. The monoisotopic (exact) mass is 235 g/mol. The largest absolute Gasteiger partial charge is 0.480 e. The van der Waals surface area contributed by atoms with Crippen LogP contribution in [0.2, 0.25) is 0 Å². The van der Waals surface area contributed by atoms with Gasteiger partial charge in [-0.1, -0.05) is 0 Å². The van der Waals surface area contributed by atoms with E-state index in [1.807, 2.05) is 0 Å². The van der Waals surface area contributed by atoms with Crippen molar-refractivity contribution in [2.45, 2.75) is 19.4 Å². The molecule has 0 saturated carbocycles. The van der Waals surface area contributed by atoms with Gasteiger partial charge in [0, 0.05) is 16.6 Å². The Morgan fingerprint density at radius 3 is 2.53 bits per heavy atom. The van der Waals surface area contributed by atoms with E-state index in [1.165, 1.54) is 6.92 Å². The first-order chi connectivity index (χ1) is 6.75. The normalized spacial score (nSPS) is 18.2. The molecule has 0 aromatic carbocycles. The Morgan fingerprint density at radius 1 is 1.60 bits per heavy atom. The van der Waals surface area contributed by atoms with Gasteiger partial charge in [0.1, 0.15) is 5.54 Å². The topological polar surface area (TPSA) is 119 Å². The second-order valence-corrected chi connectivity index (χ2v) is 5.11. The van der Waals surface area contributed by atoms with Crippen LogP contribution in [0.25, 0.3) is 0 Å². The molecule has 0 amide bonds. The quantitative estimate of drug-likeness (QED) is 0.399. The number of amidine groups is 1. The van der Waals surface area contributed by atoms with Crippen LogP contribution in [0.5, 0.6) is 0 Å². The Balaban J connectivity index is 4.05. The molecule has 0 aliphatic rings. The molecule has 0 saturated heterocycles. The lowest BCUT2D eigenvalue weighted by Gasteiger charge is -2.17. The van der Waals surface area contributed by atoms with Crippen molar-refractivity contribution in [2.24, 2.45) is 16.5 Å². The molecule has 6 nitrogen and oxygen atoms in total. The minimum Gasteiger partial charge on any atom is -0.480 e. The van der Waals surface area contributed by atoms with Gasteiger partial charge in [-0.05, 0) is 13.8 Å². The van der Waals surface area contributed by atoms with Gasteiger partial charge in [-0.3, -0.25) is 14.0 Å². The van der Waals surface area contributed by atoms with E-state index in [1.54, 1.807) is 6.92 Å². The maximum absolute atomic E-state index is 11.4. The number of hydrogen-bond donors (Lipinski definition) is 3. The van der Waals surface area contributed by atoms with E-state index in [-0.39, 0.29) is 11.5 Å². The lowest BCUT2D eigenvalue weighted by Crippen LogP contribution is -2.49. The summed E-state index contributed by atoms with van der Waals surface area (Å²) in [7, 11) is -1.29. The summed E-state index contributed by atoms with van der Waals surface area (Å²) in [5.41, 5.74) is 9.27. The summed E-state index contributed by atoms with van der Waals surface area (Å²) >= 11 is 0. The highest BCUT2D eigenvalue weighted by molar-refractivity contribution is 7.85. The third-order valence-corrected chi connectivity index (χ3v) is 3.19. The predicted octanol–water partition coefficient (Wildman–Crippen LogP) is -1.09. The summed E-state index contributed by atoms with van der Waals surface area (Å²) in [6, 6.07) is 0. The molecule has 2 atom stereocenters. The van der Waals surface area contributed by atoms with E-state index >= 15 is 0 Å². The molecule has 5 N–H and O–H groups in total. The van der Waals surface area contributed by atoms with Crippen LogP contribution >= 0.6 is 0 Å². The molecule has 0 bridgehead atoms. The summed E-state index contributed by atoms with van der Waals surface area (Å²) in [4.78, 5) is 14.5. The van der Waals surface area contributed by atoms with Crippen LogP contribution in [-0.2, 0) is 15.6 Å². The lowest BCUT2D eigenvalue weighted by molar-refractivity contribution is -0.141. The molecule has 0 aliphatic carbocycles. The average molecular weight is 235 g/mol. The van der Waals surface area contributed by atoms with Gasteiger partial charge < -0.3 is 16.6 Å². The van der Waals surface area contributed by atoms with Gasteiger partial charge in [-0.2, -0.15) is 0 Å². The van der Waals surface area contributed by atoms with Gasteiger partial charge in [0.2, 0.25) is 0 Å². The maximum atomic E-state index is 11.4. The van der Waals surface area contributed by atoms with Crippen molar-refractivity contribution >= 4 is 22.6 Å². The van der Waals surface area contributed by atoms with Crippen LogP contribution < -0.4 is 11.5 Å². The number of carbonyl (C=O) groups is 1. The Labute approximate surface area is 91.2 Å². The van der Waals surface area contributed by atoms with Crippen molar-refractivity contribution in [3.8, 4) is 0 Å². The number of rotatable bonds is 6. The molecular formula is C8H17N3O3S. The fraction of sp³-hybridized carbons (Fsp3) is 0.750.